The molecular formula is C14H14F3N3O2S. The number of hydrogen-bond acceptors (Lipinski definition) is 4. The maximum absolute atomic E-state index is 12.8. The molecule has 9 heteroatoms. The van der Waals surface area contributed by atoms with Crippen molar-refractivity contribution >= 4 is 15.8 Å². The van der Waals surface area contributed by atoms with Crippen LogP contribution in [0.4, 0.5) is 19.0 Å². The van der Waals surface area contributed by atoms with Crippen molar-refractivity contribution in [3.8, 4) is 0 Å². The molecule has 0 amide bonds. The first-order chi connectivity index (χ1) is 10.7. The lowest BCUT2D eigenvalue weighted by atomic mass is 10.1. The van der Waals surface area contributed by atoms with Crippen LogP contribution in [0.25, 0.3) is 0 Å². The Hall–Kier alpha value is -2.13. The molecule has 0 bridgehead atoms. The quantitative estimate of drug-likeness (QED) is 0.871. The standard InChI is InChI=1S/C14H14F3N3O2S/c15-14(16,17)12-2-1-8-19-13(12)20-9-7-10-3-5-11(6-4-10)23(18,21)22/h1-6,8H,7,9H2,(H,19,20)(H2,18,21,22). The summed E-state index contributed by atoms with van der Waals surface area (Å²) in [5, 5.41) is 7.62. The van der Waals surface area contributed by atoms with Gasteiger partial charge in [0.25, 0.3) is 0 Å². The van der Waals surface area contributed by atoms with Gasteiger partial charge >= 0.3 is 6.18 Å². The summed E-state index contributed by atoms with van der Waals surface area (Å²) in [4.78, 5) is 3.68. The van der Waals surface area contributed by atoms with Gasteiger partial charge in [-0.3, -0.25) is 0 Å². The summed E-state index contributed by atoms with van der Waals surface area (Å²) in [5.41, 5.74) is -0.0704. The maximum atomic E-state index is 12.8. The summed E-state index contributed by atoms with van der Waals surface area (Å²) in [6, 6.07) is 8.00. The largest absolute Gasteiger partial charge is 0.419 e. The number of benzene rings is 1. The number of primary sulfonamides is 1. The van der Waals surface area contributed by atoms with Crippen LogP contribution in [0.15, 0.2) is 47.5 Å². The van der Waals surface area contributed by atoms with E-state index in [9.17, 15) is 21.6 Å². The molecule has 2 rings (SSSR count). The highest BCUT2D eigenvalue weighted by Crippen LogP contribution is 2.33. The van der Waals surface area contributed by atoms with E-state index in [1.807, 2.05) is 0 Å². The fourth-order valence-corrected chi connectivity index (χ4v) is 2.46. The number of alkyl halides is 3. The number of sulfonamides is 1. The van der Waals surface area contributed by atoms with Gasteiger partial charge in [-0.2, -0.15) is 13.2 Å². The molecule has 1 aromatic heterocycles. The molecule has 0 radical (unpaired) electrons. The van der Waals surface area contributed by atoms with Crippen LogP contribution < -0.4 is 10.5 Å². The fraction of sp³-hybridized carbons (Fsp3) is 0.214. The van der Waals surface area contributed by atoms with Gasteiger partial charge < -0.3 is 5.32 Å². The number of halogens is 3. The van der Waals surface area contributed by atoms with Crippen LogP contribution >= 0.6 is 0 Å². The third-order valence-corrected chi connectivity index (χ3v) is 4.00. The lowest BCUT2D eigenvalue weighted by Gasteiger charge is -2.13. The number of nitrogens with two attached hydrogens (primary N) is 1. The van der Waals surface area contributed by atoms with E-state index in [2.05, 4.69) is 10.3 Å². The molecule has 0 fully saturated rings. The van der Waals surface area contributed by atoms with Crippen LogP contribution in [0.2, 0.25) is 0 Å². The monoisotopic (exact) mass is 345 g/mol. The SMILES string of the molecule is NS(=O)(=O)c1ccc(CCNc2ncccc2C(F)(F)F)cc1. The third kappa shape index (κ3) is 4.67. The molecular weight excluding hydrogens is 331 g/mol. The van der Waals surface area contributed by atoms with E-state index in [4.69, 9.17) is 5.14 Å². The number of hydrogen-bond donors (Lipinski definition) is 2. The normalized spacial score (nSPS) is 12.2. The maximum Gasteiger partial charge on any atom is 0.419 e. The Bertz CT molecular complexity index is 775. The number of nitrogens with zero attached hydrogens (tertiary/aromatic N) is 1. The molecule has 2 aromatic rings. The highest BCUT2D eigenvalue weighted by atomic mass is 32.2. The van der Waals surface area contributed by atoms with E-state index in [0.29, 0.717) is 6.42 Å². The van der Waals surface area contributed by atoms with E-state index in [0.717, 1.165) is 11.6 Å². The van der Waals surface area contributed by atoms with Crippen molar-refractivity contribution in [1.29, 1.82) is 0 Å². The molecule has 1 aromatic carbocycles. The second-order valence-corrected chi connectivity index (χ2v) is 6.32. The summed E-state index contributed by atoms with van der Waals surface area (Å²) < 4.78 is 60.7. The van der Waals surface area contributed by atoms with Crippen LogP contribution in [-0.2, 0) is 22.6 Å². The first-order valence-electron chi connectivity index (χ1n) is 6.56. The topological polar surface area (TPSA) is 85.1 Å². The van der Waals surface area contributed by atoms with Crippen molar-refractivity contribution in [3.63, 3.8) is 0 Å². The molecule has 0 aliphatic heterocycles. The average molecular weight is 345 g/mol. The molecule has 0 aliphatic carbocycles. The summed E-state index contributed by atoms with van der Waals surface area (Å²) in [5.74, 6) is -0.235. The Morgan fingerprint density at radius 3 is 2.35 bits per heavy atom. The number of anilines is 1. The summed E-state index contributed by atoms with van der Waals surface area (Å²) in [6.45, 7) is 0.217. The Kier molecular flexibility index (Phi) is 4.90. The Morgan fingerprint density at radius 2 is 1.78 bits per heavy atom. The molecule has 0 saturated carbocycles. The van der Waals surface area contributed by atoms with Gasteiger partial charge in [-0.15, -0.1) is 0 Å². The first kappa shape index (κ1) is 17.2. The molecule has 1 heterocycles. The predicted octanol–water partition coefficient (Wildman–Crippen LogP) is 2.40. The smallest absolute Gasteiger partial charge is 0.369 e. The molecule has 124 valence electrons. The van der Waals surface area contributed by atoms with Crippen molar-refractivity contribution in [3.05, 3.63) is 53.7 Å². The van der Waals surface area contributed by atoms with Crippen molar-refractivity contribution in [2.24, 2.45) is 5.14 Å². The Morgan fingerprint density at radius 1 is 1.13 bits per heavy atom. The summed E-state index contributed by atoms with van der Waals surface area (Å²) in [7, 11) is -3.76. The number of aromatic nitrogens is 1. The van der Waals surface area contributed by atoms with Crippen molar-refractivity contribution in [2.75, 3.05) is 11.9 Å². The molecule has 3 N–H and O–H groups in total. The molecule has 0 aliphatic rings. The van der Waals surface area contributed by atoms with Gasteiger partial charge in [0, 0.05) is 12.7 Å². The second kappa shape index (κ2) is 6.55. The van der Waals surface area contributed by atoms with E-state index in [-0.39, 0.29) is 17.3 Å². The van der Waals surface area contributed by atoms with Gasteiger partial charge in [0.05, 0.1) is 10.5 Å². The minimum Gasteiger partial charge on any atom is -0.369 e. The Balaban J connectivity index is 2.01. The van der Waals surface area contributed by atoms with E-state index < -0.39 is 21.8 Å². The highest BCUT2D eigenvalue weighted by Gasteiger charge is 2.33. The van der Waals surface area contributed by atoms with Gasteiger partial charge in [0.2, 0.25) is 10.0 Å². The zero-order chi connectivity index (χ0) is 17.1. The summed E-state index contributed by atoms with van der Waals surface area (Å²) in [6.07, 6.45) is -2.80. The van der Waals surface area contributed by atoms with Gasteiger partial charge in [-0.1, -0.05) is 12.1 Å². The lowest BCUT2D eigenvalue weighted by molar-refractivity contribution is -0.137. The minimum absolute atomic E-state index is 0.0155. The van der Waals surface area contributed by atoms with Crippen LogP contribution in [0.1, 0.15) is 11.1 Å². The minimum atomic E-state index is -4.48. The molecule has 0 saturated heterocycles. The zero-order valence-electron chi connectivity index (χ0n) is 11.8. The van der Waals surface area contributed by atoms with Gasteiger partial charge in [-0.05, 0) is 36.2 Å². The first-order valence-corrected chi connectivity index (χ1v) is 8.10. The molecule has 0 spiro atoms. The molecule has 0 atom stereocenters. The van der Waals surface area contributed by atoms with Gasteiger partial charge in [-0.25, -0.2) is 18.5 Å². The van der Waals surface area contributed by atoms with E-state index in [1.54, 1.807) is 12.1 Å². The number of pyridine rings is 1. The van der Waals surface area contributed by atoms with E-state index >= 15 is 0 Å². The average Bonchev–Trinajstić information content (AvgIpc) is 2.46. The van der Waals surface area contributed by atoms with Crippen molar-refractivity contribution < 1.29 is 21.6 Å². The van der Waals surface area contributed by atoms with Crippen LogP contribution in [-0.4, -0.2) is 19.9 Å². The Labute approximate surface area is 131 Å². The van der Waals surface area contributed by atoms with E-state index in [1.165, 1.54) is 24.4 Å². The van der Waals surface area contributed by atoms with Crippen LogP contribution in [0.5, 0.6) is 0 Å². The number of nitrogens with one attached hydrogen (secondary N) is 1. The van der Waals surface area contributed by atoms with Crippen molar-refractivity contribution in [2.45, 2.75) is 17.5 Å². The van der Waals surface area contributed by atoms with Gasteiger partial charge in [0.1, 0.15) is 5.82 Å². The molecule has 5 nitrogen and oxygen atoms in total. The lowest BCUT2D eigenvalue weighted by Crippen LogP contribution is -2.14. The van der Waals surface area contributed by atoms with Gasteiger partial charge in [0.15, 0.2) is 0 Å². The second-order valence-electron chi connectivity index (χ2n) is 4.76. The molecule has 23 heavy (non-hydrogen) atoms. The zero-order valence-corrected chi connectivity index (χ0v) is 12.7. The molecule has 0 unspecified atom stereocenters. The highest BCUT2D eigenvalue weighted by molar-refractivity contribution is 7.89. The fourth-order valence-electron chi connectivity index (χ4n) is 1.95. The third-order valence-electron chi connectivity index (χ3n) is 3.07. The summed E-state index contributed by atoms with van der Waals surface area (Å²) >= 11 is 0. The predicted molar refractivity (Wildman–Crippen MR) is 79.2 cm³/mol. The van der Waals surface area contributed by atoms with Crippen molar-refractivity contribution in [1.82, 2.24) is 4.98 Å². The number of rotatable bonds is 5. The van der Waals surface area contributed by atoms with Crippen LogP contribution in [0.3, 0.4) is 0 Å². The van der Waals surface area contributed by atoms with Crippen LogP contribution in [0, 0.1) is 0 Å².